The summed E-state index contributed by atoms with van der Waals surface area (Å²) in [5.41, 5.74) is 0.940. The van der Waals surface area contributed by atoms with Crippen LogP contribution in [0.5, 0.6) is 0 Å². The highest BCUT2D eigenvalue weighted by Gasteiger charge is 2.42. The molecule has 0 spiro atoms. The van der Waals surface area contributed by atoms with E-state index in [0.29, 0.717) is 6.54 Å². The summed E-state index contributed by atoms with van der Waals surface area (Å²) < 4.78 is 26.9. The molecule has 0 aliphatic heterocycles. The number of amides is 1. The van der Waals surface area contributed by atoms with Crippen LogP contribution in [0, 0.1) is 5.92 Å². The molecule has 0 bridgehead atoms. The topological polar surface area (TPSA) is 29.1 Å². The van der Waals surface area contributed by atoms with Crippen molar-refractivity contribution in [1.82, 2.24) is 5.32 Å². The molecular formula is C13H14BrF2NO. The molecule has 0 saturated heterocycles. The van der Waals surface area contributed by atoms with Gasteiger partial charge in [-0.25, -0.2) is 8.78 Å². The van der Waals surface area contributed by atoms with E-state index in [1.165, 1.54) is 0 Å². The fraction of sp³-hybridized carbons (Fsp3) is 0.462. The largest absolute Gasteiger partial charge is 0.352 e. The van der Waals surface area contributed by atoms with Crippen molar-refractivity contribution in [2.45, 2.75) is 31.7 Å². The Morgan fingerprint density at radius 3 is 2.78 bits per heavy atom. The average Bonchev–Trinajstić information content (AvgIpc) is 2.68. The highest BCUT2D eigenvalue weighted by atomic mass is 79.9. The third kappa shape index (κ3) is 3.28. The predicted octanol–water partition coefficient (Wildman–Crippen LogP) is 3.50. The SMILES string of the molecule is O=C(NCc1ccccc1Br)C1CCC(F)(F)C1. The van der Waals surface area contributed by atoms with Crippen LogP contribution in [0.4, 0.5) is 8.78 Å². The van der Waals surface area contributed by atoms with Gasteiger partial charge in [0.15, 0.2) is 0 Å². The minimum Gasteiger partial charge on any atom is -0.352 e. The number of halogens is 3. The molecule has 1 aliphatic rings. The average molecular weight is 318 g/mol. The molecule has 1 atom stereocenters. The zero-order valence-corrected chi connectivity index (χ0v) is 11.3. The Balaban J connectivity index is 1.88. The number of hydrogen-bond acceptors (Lipinski definition) is 1. The van der Waals surface area contributed by atoms with Gasteiger partial charge in [0, 0.05) is 29.8 Å². The summed E-state index contributed by atoms with van der Waals surface area (Å²) >= 11 is 3.38. The van der Waals surface area contributed by atoms with Crippen LogP contribution < -0.4 is 5.32 Å². The lowest BCUT2D eigenvalue weighted by molar-refractivity contribution is -0.125. The number of carbonyl (C=O) groups is 1. The highest BCUT2D eigenvalue weighted by Crippen LogP contribution is 2.38. The van der Waals surface area contributed by atoms with Crippen LogP contribution in [-0.2, 0) is 11.3 Å². The summed E-state index contributed by atoms with van der Waals surface area (Å²) in [7, 11) is 0. The van der Waals surface area contributed by atoms with E-state index in [1.807, 2.05) is 24.3 Å². The monoisotopic (exact) mass is 317 g/mol. The van der Waals surface area contributed by atoms with Crippen LogP contribution in [0.25, 0.3) is 0 Å². The number of alkyl halides is 2. The van der Waals surface area contributed by atoms with Crippen LogP contribution in [-0.4, -0.2) is 11.8 Å². The molecule has 2 nitrogen and oxygen atoms in total. The molecule has 1 amide bonds. The zero-order valence-electron chi connectivity index (χ0n) is 9.76. The number of rotatable bonds is 3. The van der Waals surface area contributed by atoms with Gasteiger partial charge in [0.25, 0.3) is 0 Å². The van der Waals surface area contributed by atoms with Crippen molar-refractivity contribution < 1.29 is 13.6 Å². The summed E-state index contributed by atoms with van der Waals surface area (Å²) in [6, 6.07) is 7.52. The maximum Gasteiger partial charge on any atom is 0.248 e. The molecule has 0 heterocycles. The van der Waals surface area contributed by atoms with Crippen molar-refractivity contribution in [1.29, 1.82) is 0 Å². The Labute approximate surface area is 113 Å². The van der Waals surface area contributed by atoms with Crippen LogP contribution in [0.15, 0.2) is 28.7 Å². The molecule has 1 aliphatic carbocycles. The van der Waals surface area contributed by atoms with E-state index in [9.17, 15) is 13.6 Å². The Hall–Kier alpha value is -0.970. The van der Waals surface area contributed by atoms with Gasteiger partial charge in [0.1, 0.15) is 0 Å². The summed E-state index contributed by atoms with van der Waals surface area (Å²) in [6.07, 6.45) is -0.232. The second-order valence-electron chi connectivity index (χ2n) is 4.60. The van der Waals surface area contributed by atoms with Crippen LogP contribution in [0.2, 0.25) is 0 Å². The molecule has 1 N–H and O–H groups in total. The van der Waals surface area contributed by atoms with Crippen molar-refractivity contribution in [2.75, 3.05) is 0 Å². The first-order valence-electron chi connectivity index (χ1n) is 5.87. The smallest absolute Gasteiger partial charge is 0.248 e. The van der Waals surface area contributed by atoms with Crippen molar-refractivity contribution in [2.24, 2.45) is 5.92 Å². The predicted molar refractivity (Wildman–Crippen MR) is 68.3 cm³/mol. The Bertz CT molecular complexity index is 450. The summed E-state index contributed by atoms with van der Waals surface area (Å²) in [4.78, 5) is 11.8. The zero-order chi connectivity index (χ0) is 13.2. The standard InChI is InChI=1S/C13H14BrF2NO/c14-11-4-2-1-3-10(11)8-17-12(18)9-5-6-13(15,16)7-9/h1-4,9H,5-8H2,(H,17,18). The first kappa shape index (κ1) is 13.5. The summed E-state index contributed by atoms with van der Waals surface area (Å²) in [5, 5.41) is 2.72. The summed E-state index contributed by atoms with van der Waals surface area (Å²) in [5.74, 6) is -3.50. The number of benzene rings is 1. The lowest BCUT2D eigenvalue weighted by Crippen LogP contribution is -2.29. The molecule has 5 heteroatoms. The van der Waals surface area contributed by atoms with E-state index in [0.717, 1.165) is 10.0 Å². The third-order valence-electron chi connectivity index (χ3n) is 3.19. The van der Waals surface area contributed by atoms with Crippen molar-refractivity contribution in [3.63, 3.8) is 0 Å². The maximum absolute atomic E-state index is 13.0. The Morgan fingerprint density at radius 2 is 2.17 bits per heavy atom. The fourth-order valence-corrected chi connectivity index (χ4v) is 2.57. The Morgan fingerprint density at radius 1 is 1.44 bits per heavy atom. The van der Waals surface area contributed by atoms with E-state index in [-0.39, 0.29) is 25.2 Å². The van der Waals surface area contributed by atoms with E-state index >= 15 is 0 Å². The third-order valence-corrected chi connectivity index (χ3v) is 3.96. The minimum atomic E-state index is -2.67. The van der Waals surface area contributed by atoms with Gasteiger partial charge < -0.3 is 5.32 Å². The minimum absolute atomic E-state index is 0.180. The normalized spacial score (nSPS) is 21.8. The van der Waals surface area contributed by atoms with Crippen LogP contribution in [0.1, 0.15) is 24.8 Å². The van der Waals surface area contributed by atoms with Crippen molar-refractivity contribution >= 4 is 21.8 Å². The number of nitrogens with one attached hydrogen (secondary N) is 1. The first-order chi connectivity index (χ1) is 8.48. The molecule has 18 heavy (non-hydrogen) atoms. The van der Waals surface area contributed by atoms with Gasteiger partial charge in [-0.15, -0.1) is 0 Å². The quantitative estimate of drug-likeness (QED) is 0.908. The summed E-state index contributed by atoms with van der Waals surface area (Å²) in [6.45, 7) is 0.363. The maximum atomic E-state index is 13.0. The van der Waals surface area contributed by atoms with Gasteiger partial charge in [-0.2, -0.15) is 0 Å². The lowest BCUT2D eigenvalue weighted by Gasteiger charge is -2.12. The van der Waals surface area contributed by atoms with E-state index in [4.69, 9.17) is 0 Å². The fourth-order valence-electron chi connectivity index (χ4n) is 2.14. The second-order valence-corrected chi connectivity index (χ2v) is 5.46. The molecule has 0 radical (unpaired) electrons. The Kier molecular flexibility index (Phi) is 4.00. The number of hydrogen-bond donors (Lipinski definition) is 1. The second kappa shape index (κ2) is 5.34. The highest BCUT2D eigenvalue weighted by molar-refractivity contribution is 9.10. The lowest BCUT2D eigenvalue weighted by atomic mass is 10.1. The molecule has 1 saturated carbocycles. The molecule has 98 valence electrons. The molecule has 0 aromatic heterocycles. The number of carbonyl (C=O) groups excluding carboxylic acids is 1. The molecule has 1 unspecified atom stereocenters. The van der Waals surface area contributed by atoms with Crippen LogP contribution in [0.3, 0.4) is 0 Å². The molecule has 1 fully saturated rings. The van der Waals surface area contributed by atoms with E-state index in [1.54, 1.807) is 0 Å². The van der Waals surface area contributed by atoms with Gasteiger partial charge in [-0.3, -0.25) is 4.79 Å². The van der Waals surface area contributed by atoms with E-state index < -0.39 is 11.8 Å². The van der Waals surface area contributed by atoms with Crippen LogP contribution >= 0.6 is 15.9 Å². The van der Waals surface area contributed by atoms with Gasteiger partial charge in [-0.1, -0.05) is 34.1 Å². The van der Waals surface area contributed by atoms with Gasteiger partial charge in [-0.05, 0) is 18.1 Å². The van der Waals surface area contributed by atoms with Crippen molar-refractivity contribution in [3.8, 4) is 0 Å². The molecule has 2 rings (SSSR count). The molecular weight excluding hydrogens is 304 g/mol. The van der Waals surface area contributed by atoms with E-state index in [2.05, 4.69) is 21.2 Å². The molecule has 1 aromatic carbocycles. The van der Waals surface area contributed by atoms with Crippen molar-refractivity contribution in [3.05, 3.63) is 34.3 Å². The first-order valence-corrected chi connectivity index (χ1v) is 6.66. The van der Waals surface area contributed by atoms with Gasteiger partial charge in [0.2, 0.25) is 11.8 Å². The van der Waals surface area contributed by atoms with Gasteiger partial charge >= 0.3 is 0 Å². The molecule has 1 aromatic rings. The van der Waals surface area contributed by atoms with Gasteiger partial charge in [0.05, 0.1) is 0 Å².